The van der Waals surface area contributed by atoms with E-state index in [1.807, 2.05) is 12.3 Å². The number of carboxylic acids is 1. The predicted octanol–water partition coefficient (Wildman–Crippen LogP) is 1.83. The van der Waals surface area contributed by atoms with Crippen LogP contribution < -0.4 is 0 Å². The number of hydrogen-bond donors (Lipinski definition) is 1. The summed E-state index contributed by atoms with van der Waals surface area (Å²) in [5.74, 6) is -0.872. The Labute approximate surface area is 82.8 Å². The summed E-state index contributed by atoms with van der Waals surface area (Å²) in [5, 5.41) is 8.95. The lowest BCUT2D eigenvalue weighted by molar-refractivity contribution is -0.141. The topological polar surface area (TPSA) is 50.2 Å². The molecule has 2 unspecified atom stereocenters. The zero-order valence-electron chi connectivity index (χ0n) is 8.10. The first-order valence-corrected chi connectivity index (χ1v) is 4.85. The number of aliphatic carboxylic acids is 1. The first-order chi connectivity index (χ1) is 6.70. The van der Waals surface area contributed by atoms with E-state index in [1.54, 1.807) is 13.1 Å². The Morgan fingerprint density at radius 3 is 3.21 bits per heavy atom. The minimum atomic E-state index is -0.716. The Balaban J connectivity index is 2.30. The lowest BCUT2D eigenvalue weighted by Gasteiger charge is -2.15. The summed E-state index contributed by atoms with van der Waals surface area (Å²) in [4.78, 5) is 14.9. The fourth-order valence-electron chi connectivity index (χ4n) is 2.15. The van der Waals surface area contributed by atoms with Crippen LogP contribution in [0.2, 0.25) is 0 Å². The maximum absolute atomic E-state index is 10.9. The number of carbonyl (C=O) groups is 1. The first-order valence-electron chi connectivity index (χ1n) is 4.85. The van der Waals surface area contributed by atoms with Gasteiger partial charge in [0.25, 0.3) is 0 Å². The lowest BCUT2D eigenvalue weighted by Crippen LogP contribution is -2.17. The molecule has 0 fully saturated rings. The molecule has 2 rings (SSSR count). The summed E-state index contributed by atoms with van der Waals surface area (Å²) in [6.07, 6.45) is 5.51. The van der Waals surface area contributed by atoms with Gasteiger partial charge in [-0.1, -0.05) is 6.92 Å². The first kappa shape index (κ1) is 9.19. The van der Waals surface area contributed by atoms with Crippen molar-refractivity contribution in [2.75, 3.05) is 0 Å². The van der Waals surface area contributed by atoms with Gasteiger partial charge in [0, 0.05) is 12.4 Å². The van der Waals surface area contributed by atoms with Gasteiger partial charge in [0.1, 0.15) is 0 Å². The Bertz CT molecular complexity index is 362. The standard InChI is InChI=1S/C11H13NO2/c1-7(11(13)14)9-3-2-8-4-5-12-6-10(8)9/h4-7,9H,2-3H2,1H3,(H,13,14). The molecule has 2 atom stereocenters. The molecule has 14 heavy (non-hydrogen) atoms. The molecule has 74 valence electrons. The van der Waals surface area contributed by atoms with Crippen LogP contribution in [0.5, 0.6) is 0 Å². The van der Waals surface area contributed by atoms with Crippen LogP contribution in [0.1, 0.15) is 30.4 Å². The van der Waals surface area contributed by atoms with Gasteiger partial charge in [-0.05, 0) is 36.0 Å². The summed E-state index contributed by atoms with van der Waals surface area (Å²) >= 11 is 0. The lowest BCUT2D eigenvalue weighted by atomic mass is 9.90. The summed E-state index contributed by atoms with van der Waals surface area (Å²) < 4.78 is 0. The SMILES string of the molecule is CC(C(=O)O)C1CCc2ccncc21. The molecule has 1 heterocycles. The highest BCUT2D eigenvalue weighted by Gasteiger charge is 2.30. The zero-order chi connectivity index (χ0) is 10.1. The van der Waals surface area contributed by atoms with Crippen molar-refractivity contribution in [2.45, 2.75) is 25.7 Å². The van der Waals surface area contributed by atoms with Crippen LogP contribution in [0.3, 0.4) is 0 Å². The van der Waals surface area contributed by atoms with Crippen LogP contribution in [0.4, 0.5) is 0 Å². The fourth-order valence-corrected chi connectivity index (χ4v) is 2.15. The number of aryl methyl sites for hydroxylation is 1. The third kappa shape index (κ3) is 1.39. The molecular weight excluding hydrogens is 178 g/mol. The van der Waals surface area contributed by atoms with E-state index in [0.717, 1.165) is 18.4 Å². The monoisotopic (exact) mass is 191 g/mol. The highest BCUT2D eigenvalue weighted by atomic mass is 16.4. The van der Waals surface area contributed by atoms with Crippen LogP contribution in [0, 0.1) is 5.92 Å². The minimum absolute atomic E-state index is 0.149. The van der Waals surface area contributed by atoms with Crippen LogP contribution >= 0.6 is 0 Å². The highest BCUT2D eigenvalue weighted by Crippen LogP contribution is 2.37. The van der Waals surface area contributed by atoms with Crippen molar-refractivity contribution in [3.63, 3.8) is 0 Å². The average Bonchev–Trinajstić information content (AvgIpc) is 2.60. The van der Waals surface area contributed by atoms with Crippen molar-refractivity contribution < 1.29 is 9.90 Å². The van der Waals surface area contributed by atoms with Gasteiger partial charge in [-0.25, -0.2) is 0 Å². The Kier molecular flexibility index (Phi) is 2.23. The van der Waals surface area contributed by atoms with E-state index in [4.69, 9.17) is 5.11 Å². The average molecular weight is 191 g/mol. The van der Waals surface area contributed by atoms with Crippen molar-refractivity contribution in [1.82, 2.24) is 4.98 Å². The van der Waals surface area contributed by atoms with Gasteiger partial charge in [-0.2, -0.15) is 0 Å². The molecule has 0 saturated heterocycles. The number of pyridine rings is 1. The molecule has 1 aliphatic rings. The second kappa shape index (κ2) is 3.40. The molecule has 1 aromatic heterocycles. The van der Waals surface area contributed by atoms with Gasteiger partial charge in [-0.15, -0.1) is 0 Å². The van der Waals surface area contributed by atoms with Crippen LogP contribution in [-0.2, 0) is 11.2 Å². The predicted molar refractivity (Wildman–Crippen MR) is 52.1 cm³/mol. The molecule has 0 saturated carbocycles. The number of nitrogens with zero attached hydrogens (tertiary/aromatic N) is 1. The van der Waals surface area contributed by atoms with Gasteiger partial charge in [0.05, 0.1) is 5.92 Å². The number of hydrogen-bond acceptors (Lipinski definition) is 2. The second-order valence-corrected chi connectivity index (χ2v) is 3.85. The van der Waals surface area contributed by atoms with Gasteiger partial charge < -0.3 is 5.11 Å². The van der Waals surface area contributed by atoms with Crippen molar-refractivity contribution in [1.29, 1.82) is 0 Å². The van der Waals surface area contributed by atoms with E-state index in [9.17, 15) is 4.79 Å². The van der Waals surface area contributed by atoms with Crippen LogP contribution in [0.15, 0.2) is 18.5 Å². The Morgan fingerprint density at radius 2 is 2.50 bits per heavy atom. The minimum Gasteiger partial charge on any atom is -0.481 e. The van der Waals surface area contributed by atoms with E-state index < -0.39 is 5.97 Å². The van der Waals surface area contributed by atoms with Crippen molar-refractivity contribution in [3.8, 4) is 0 Å². The second-order valence-electron chi connectivity index (χ2n) is 3.85. The summed E-state index contributed by atoms with van der Waals surface area (Å²) in [6, 6.07) is 1.99. The van der Waals surface area contributed by atoms with Crippen molar-refractivity contribution >= 4 is 5.97 Å². The maximum Gasteiger partial charge on any atom is 0.306 e. The van der Waals surface area contributed by atoms with Gasteiger partial charge in [-0.3, -0.25) is 9.78 Å². The van der Waals surface area contributed by atoms with Crippen LogP contribution in [0.25, 0.3) is 0 Å². The molecule has 3 heteroatoms. The van der Waals surface area contributed by atoms with E-state index in [1.165, 1.54) is 5.56 Å². The highest BCUT2D eigenvalue weighted by molar-refractivity contribution is 5.71. The normalized spacial score (nSPS) is 21.6. The molecule has 1 aromatic rings. The third-order valence-corrected chi connectivity index (χ3v) is 3.06. The summed E-state index contributed by atoms with van der Waals surface area (Å²) in [5.41, 5.74) is 2.39. The zero-order valence-corrected chi connectivity index (χ0v) is 8.10. The van der Waals surface area contributed by atoms with E-state index in [2.05, 4.69) is 4.98 Å². The molecule has 3 nitrogen and oxygen atoms in total. The number of aromatic nitrogens is 1. The third-order valence-electron chi connectivity index (χ3n) is 3.06. The molecule has 1 aliphatic carbocycles. The molecule has 0 spiro atoms. The van der Waals surface area contributed by atoms with Crippen molar-refractivity contribution in [2.24, 2.45) is 5.92 Å². The van der Waals surface area contributed by atoms with Crippen LogP contribution in [-0.4, -0.2) is 16.1 Å². The summed E-state index contributed by atoms with van der Waals surface area (Å²) in [7, 11) is 0. The molecule has 0 bridgehead atoms. The molecule has 0 radical (unpaired) electrons. The Hall–Kier alpha value is -1.38. The molecule has 0 amide bonds. The molecule has 1 N–H and O–H groups in total. The molecule has 0 aliphatic heterocycles. The quantitative estimate of drug-likeness (QED) is 0.775. The molecule has 0 aromatic carbocycles. The van der Waals surface area contributed by atoms with Gasteiger partial charge in [0.2, 0.25) is 0 Å². The number of carboxylic acid groups (broad SMARTS) is 1. The Morgan fingerprint density at radius 1 is 1.71 bits per heavy atom. The largest absolute Gasteiger partial charge is 0.481 e. The number of rotatable bonds is 2. The van der Waals surface area contributed by atoms with E-state index >= 15 is 0 Å². The fraction of sp³-hybridized carbons (Fsp3) is 0.455. The van der Waals surface area contributed by atoms with Gasteiger partial charge in [0.15, 0.2) is 0 Å². The van der Waals surface area contributed by atoms with Crippen molar-refractivity contribution in [3.05, 3.63) is 29.6 Å². The number of fused-ring (bicyclic) bond motifs is 1. The molecular formula is C11H13NO2. The van der Waals surface area contributed by atoms with E-state index in [0.29, 0.717) is 0 Å². The van der Waals surface area contributed by atoms with E-state index in [-0.39, 0.29) is 11.8 Å². The summed E-state index contributed by atoms with van der Waals surface area (Å²) in [6.45, 7) is 1.77. The van der Waals surface area contributed by atoms with Gasteiger partial charge >= 0.3 is 5.97 Å². The maximum atomic E-state index is 10.9. The smallest absolute Gasteiger partial charge is 0.306 e.